The van der Waals surface area contributed by atoms with E-state index in [9.17, 15) is 4.79 Å². The summed E-state index contributed by atoms with van der Waals surface area (Å²) in [5.74, 6) is -1.05. The minimum atomic E-state index is -1.05. The van der Waals surface area contributed by atoms with Crippen LogP contribution < -0.4 is 5.73 Å². The zero-order chi connectivity index (χ0) is 9.42. The van der Waals surface area contributed by atoms with Gasteiger partial charge in [0.1, 0.15) is 11.2 Å². The van der Waals surface area contributed by atoms with Gasteiger partial charge < -0.3 is 10.8 Å². The lowest BCUT2D eigenvalue weighted by molar-refractivity contribution is 0.0691. The molecule has 0 saturated heterocycles. The Kier molecular flexibility index (Phi) is 1.63. The van der Waals surface area contributed by atoms with Crippen molar-refractivity contribution in [3.8, 4) is 0 Å². The van der Waals surface area contributed by atoms with E-state index in [1.807, 2.05) is 0 Å². The molecule has 0 aliphatic rings. The van der Waals surface area contributed by atoms with Crippen LogP contribution in [-0.4, -0.2) is 21.0 Å². The molecule has 0 bridgehead atoms. The smallest absolute Gasteiger partial charge is 0.354 e. The number of carbonyl (C=O) groups is 1. The maximum absolute atomic E-state index is 10.5. The van der Waals surface area contributed by atoms with Crippen LogP contribution in [0, 0.1) is 0 Å². The van der Waals surface area contributed by atoms with Crippen LogP contribution >= 0.6 is 11.3 Å². The number of fused-ring (bicyclic) bond motifs is 1. The van der Waals surface area contributed by atoms with E-state index in [1.54, 1.807) is 0 Å². The third-order valence-corrected chi connectivity index (χ3v) is 2.36. The second-order valence-electron chi connectivity index (χ2n) is 2.39. The highest BCUT2D eigenvalue weighted by Gasteiger charge is 2.07. The van der Waals surface area contributed by atoms with Gasteiger partial charge in [-0.05, 0) is 6.07 Å². The van der Waals surface area contributed by atoms with E-state index in [0.717, 1.165) is 4.70 Å². The molecule has 2 rings (SSSR count). The minimum absolute atomic E-state index is 0.0103. The molecule has 0 unspecified atom stereocenters. The summed E-state index contributed by atoms with van der Waals surface area (Å²) in [5.41, 5.74) is 6.09. The molecule has 66 valence electrons. The lowest BCUT2D eigenvalue weighted by atomic mass is 10.3. The van der Waals surface area contributed by atoms with Gasteiger partial charge in [-0.2, -0.15) is 0 Å². The summed E-state index contributed by atoms with van der Waals surface area (Å²) in [7, 11) is 0. The number of hydrogen-bond acceptors (Lipinski definition) is 5. The molecule has 0 fully saturated rings. The third kappa shape index (κ3) is 1.31. The second-order valence-corrected chi connectivity index (χ2v) is 3.46. The van der Waals surface area contributed by atoms with Crippen molar-refractivity contribution in [2.75, 3.05) is 5.73 Å². The van der Waals surface area contributed by atoms with E-state index in [4.69, 9.17) is 10.8 Å². The highest BCUT2D eigenvalue weighted by atomic mass is 32.1. The number of hydrogen-bond donors (Lipinski definition) is 2. The molecule has 0 aliphatic heterocycles. The molecule has 0 aliphatic carbocycles. The fourth-order valence-electron chi connectivity index (χ4n) is 0.967. The largest absolute Gasteiger partial charge is 0.477 e. The van der Waals surface area contributed by atoms with Gasteiger partial charge in [0, 0.05) is 0 Å². The number of pyridine rings is 1. The number of aromatic carboxylic acids is 1. The van der Waals surface area contributed by atoms with Crippen molar-refractivity contribution in [3.63, 3.8) is 0 Å². The summed E-state index contributed by atoms with van der Waals surface area (Å²) < 4.78 is 0.741. The molecule has 0 aromatic carbocycles. The monoisotopic (exact) mass is 195 g/mol. The van der Waals surface area contributed by atoms with Gasteiger partial charge in [-0.25, -0.2) is 14.8 Å². The zero-order valence-electron chi connectivity index (χ0n) is 6.39. The van der Waals surface area contributed by atoms with Crippen LogP contribution in [0.5, 0.6) is 0 Å². The van der Waals surface area contributed by atoms with E-state index in [0.29, 0.717) is 10.6 Å². The van der Waals surface area contributed by atoms with Crippen LogP contribution in [0.4, 0.5) is 5.13 Å². The molecule has 0 radical (unpaired) electrons. The van der Waals surface area contributed by atoms with Gasteiger partial charge in [0.25, 0.3) is 0 Å². The van der Waals surface area contributed by atoms with Crippen LogP contribution in [-0.2, 0) is 0 Å². The Hall–Kier alpha value is -1.69. The first-order chi connectivity index (χ1) is 6.16. The van der Waals surface area contributed by atoms with Crippen molar-refractivity contribution in [1.29, 1.82) is 0 Å². The summed E-state index contributed by atoms with van der Waals surface area (Å²) in [5, 5.41) is 9.06. The van der Waals surface area contributed by atoms with Crippen LogP contribution in [0.3, 0.4) is 0 Å². The van der Waals surface area contributed by atoms with Crippen molar-refractivity contribution in [2.24, 2.45) is 0 Å². The first-order valence-corrected chi connectivity index (χ1v) is 4.24. The summed E-state index contributed by atoms with van der Waals surface area (Å²) in [6, 6.07) is 1.46. The van der Waals surface area contributed by atoms with Gasteiger partial charge in [-0.3, -0.25) is 0 Å². The minimum Gasteiger partial charge on any atom is -0.477 e. The standard InChI is InChI=1S/C7H5N3O2S/c8-7-10-4-2-9-3(6(11)12)1-5(4)13-7/h1-2H,(H2,8,10)(H,11,12). The lowest BCUT2D eigenvalue weighted by Gasteiger charge is -1.90. The number of carboxylic acid groups (broad SMARTS) is 1. The number of thiazole rings is 1. The summed E-state index contributed by atoms with van der Waals surface area (Å²) in [6.07, 6.45) is 1.41. The van der Waals surface area contributed by atoms with Gasteiger partial charge in [0.05, 0.1) is 10.9 Å². The molecule has 2 aromatic heterocycles. The van der Waals surface area contributed by atoms with Gasteiger partial charge in [0.2, 0.25) is 0 Å². The van der Waals surface area contributed by atoms with Gasteiger partial charge in [-0.15, -0.1) is 0 Å². The Morgan fingerprint density at radius 3 is 3.08 bits per heavy atom. The van der Waals surface area contributed by atoms with Crippen molar-refractivity contribution in [1.82, 2.24) is 9.97 Å². The Bertz CT molecular complexity index is 480. The molecule has 0 amide bonds. The predicted molar refractivity (Wildman–Crippen MR) is 48.8 cm³/mol. The van der Waals surface area contributed by atoms with Crippen molar-refractivity contribution >= 4 is 32.7 Å². The van der Waals surface area contributed by atoms with Gasteiger partial charge in [0.15, 0.2) is 5.13 Å². The number of nitrogens with zero attached hydrogens (tertiary/aromatic N) is 2. The van der Waals surface area contributed by atoms with E-state index in [2.05, 4.69) is 9.97 Å². The van der Waals surface area contributed by atoms with Crippen LogP contribution in [0.15, 0.2) is 12.3 Å². The number of aromatic nitrogens is 2. The van der Waals surface area contributed by atoms with Crippen molar-refractivity contribution in [2.45, 2.75) is 0 Å². The molecule has 3 N–H and O–H groups in total. The van der Waals surface area contributed by atoms with E-state index in [1.165, 1.54) is 23.6 Å². The van der Waals surface area contributed by atoms with Crippen LogP contribution in [0.25, 0.3) is 10.2 Å². The van der Waals surface area contributed by atoms with Crippen LogP contribution in [0.1, 0.15) is 10.5 Å². The Morgan fingerprint density at radius 1 is 1.62 bits per heavy atom. The third-order valence-electron chi connectivity index (χ3n) is 1.51. The topological polar surface area (TPSA) is 89.1 Å². The number of carboxylic acids is 1. The Labute approximate surface area is 76.9 Å². The van der Waals surface area contributed by atoms with E-state index >= 15 is 0 Å². The highest BCUT2D eigenvalue weighted by Crippen LogP contribution is 2.23. The normalized spacial score (nSPS) is 10.5. The number of rotatable bonds is 1. The fraction of sp³-hybridized carbons (Fsp3) is 0. The maximum Gasteiger partial charge on any atom is 0.354 e. The maximum atomic E-state index is 10.5. The molecule has 0 spiro atoms. The average Bonchev–Trinajstić information content (AvgIpc) is 2.42. The number of nitrogens with two attached hydrogens (primary N) is 1. The van der Waals surface area contributed by atoms with Crippen LogP contribution in [0.2, 0.25) is 0 Å². The van der Waals surface area contributed by atoms with Gasteiger partial charge >= 0.3 is 5.97 Å². The summed E-state index contributed by atoms with van der Waals surface area (Å²) in [6.45, 7) is 0. The fourth-order valence-corrected chi connectivity index (χ4v) is 1.71. The SMILES string of the molecule is Nc1nc2cnc(C(=O)O)cc2s1. The highest BCUT2D eigenvalue weighted by molar-refractivity contribution is 7.22. The zero-order valence-corrected chi connectivity index (χ0v) is 7.21. The first-order valence-electron chi connectivity index (χ1n) is 3.42. The van der Waals surface area contributed by atoms with E-state index in [-0.39, 0.29) is 5.69 Å². The molecule has 0 atom stereocenters. The Balaban J connectivity index is 2.67. The summed E-state index contributed by atoms with van der Waals surface area (Å²) >= 11 is 1.25. The lowest BCUT2D eigenvalue weighted by Crippen LogP contribution is -1.98. The molecule has 0 saturated carbocycles. The number of anilines is 1. The molecule has 5 nitrogen and oxygen atoms in total. The predicted octanol–water partition coefficient (Wildman–Crippen LogP) is 0.972. The number of nitrogen functional groups attached to an aromatic ring is 1. The van der Waals surface area contributed by atoms with E-state index < -0.39 is 5.97 Å². The quantitative estimate of drug-likeness (QED) is 0.707. The molecular formula is C7H5N3O2S. The molecule has 2 aromatic rings. The van der Waals surface area contributed by atoms with Crippen molar-refractivity contribution < 1.29 is 9.90 Å². The average molecular weight is 195 g/mol. The van der Waals surface area contributed by atoms with Crippen molar-refractivity contribution in [3.05, 3.63) is 18.0 Å². The molecule has 2 heterocycles. The Morgan fingerprint density at radius 2 is 2.38 bits per heavy atom. The first kappa shape index (κ1) is 7.93. The second kappa shape index (κ2) is 2.67. The molecular weight excluding hydrogens is 190 g/mol. The molecule has 6 heteroatoms. The molecule has 13 heavy (non-hydrogen) atoms. The van der Waals surface area contributed by atoms with Gasteiger partial charge in [-0.1, -0.05) is 11.3 Å². The summed E-state index contributed by atoms with van der Waals surface area (Å²) in [4.78, 5) is 18.2.